The molecule has 0 bridgehead atoms. The Balaban J connectivity index is 2.30. The Labute approximate surface area is 161 Å². The molecule has 3 rings (SSSR count). The number of nitrogens with two attached hydrogens (primary N) is 1. The van der Waals surface area contributed by atoms with Gasteiger partial charge in [0.25, 0.3) is 0 Å². The van der Waals surface area contributed by atoms with Gasteiger partial charge in [-0.25, -0.2) is 0 Å². The minimum Gasteiger partial charge on any atom is -0.330 e. The van der Waals surface area contributed by atoms with Crippen LogP contribution in [0.2, 0.25) is 0 Å². The zero-order chi connectivity index (χ0) is 18.4. The van der Waals surface area contributed by atoms with Crippen LogP contribution in [0.3, 0.4) is 0 Å². The highest BCUT2D eigenvalue weighted by Crippen LogP contribution is 2.48. The number of benzene rings is 3. The van der Waals surface area contributed by atoms with Crippen molar-refractivity contribution >= 4 is 11.8 Å². The van der Waals surface area contributed by atoms with E-state index in [4.69, 9.17) is 5.73 Å². The molecule has 3 aromatic rings. The molecule has 0 spiro atoms. The first-order valence-corrected chi connectivity index (χ1v) is 10.3. The third-order valence-electron chi connectivity index (χ3n) is 4.93. The molecular formula is C24H27NS. The maximum absolute atomic E-state index is 5.93. The minimum atomic E-state index is -0.250. The second-order valence-corrected chi connectivity index (χ2v) is 7.85. The lowest BCUT2D eigenvalue weighted by Crippen LogP contribution is -2.27. The molecule has 0 aromatic heterocycles. The van der Waals surface area contributed by atoms with E-state index in [-0.39, 0.29) is 4.75 Å². The van der Waals surface area contributed by atoms with Crippen LogP contribution in [-0.2, 0) is 11.2 Å². The fourth-order valence-corrected chi connectivity index (χ4v) is 4.90. The summed E-state index contributed by atoms with van der Waals surface area (Å²) < 4.78 is -0.250. The molecule has 1 nitrogen and oxygen atoms in total. The molecule has 0 unspecified atom stereocenters. The van der Waals surface area contributed by atoms with Crippen LogP contribution in [0.15, 0.2) is 78.9 Å². The summed E-state index contributed by atoms with van der Waals surface area (Å²) in [5.74, 6) is 0.902. The standard InChI is InChI=1S/C24H27NS/c1-3-20-18-23(15-14-19(20)2)24(26-17-16-25,21-10-6-4-7-11-21)22-12-8-5-9-13-22/h4-15,18H,3,16-17,25H2,1-2H3. The lowest BCUT2D eigenvalue weighted by atomic mass is 9.82. The third-order valence-corrected chi connectivity index (χ3v) is 6.51. The fraction of sp³-hybridized carbons (Fsp3) is 0.250. The normalized spacial score (nSPS) is 11.5. The Morgan fingerprint density at radius 1 is 0.808 bits per heavy atom. The van der Waals surface area contributed by atoms with Gasteiger partial charge in [0, 0.05) is 12.3 Å². The van der Waals surface area contributed by atoms with E-state index in [1.54, 1.807) is 0 Å². The van der Waals surface area contributed by atoms with E-state index in [0.717, 1.165) is 12.2 Å². The van der Waals surface area contributed by atoms with Gasteiger partial charge in [-0.3, -0.25) is 0 Å². The predicted octanol–water partition coefficient (Wildman–Crippen LogP) is 5.54. The van der Waals surface area contributed by atoms with Gasteiger partial charge in [0.1, 0.15) is 0 Å². The molecule has 2 N–H and O–H groups in total. The zero-order valence-corrected chi connectivity index (χ0v) is 16.4. The lowest BCUT2D eigenvalue weighted by molar-refractivity contribution is 0.885. The van der Waals surface area contributed by atoms with Crippen molar-refractivity contribution in [2.24, 2.45) is 5.73 Å². The summed E-state index contributed by atoms with van der Waals surface area (Å²) in [6, 6.07) is 28.6. The molecule has 0 aliphatic carbocycles. The molecule has 0 aliphatic rings. The molecular weight excluding hydrogens is 334 g/mol. The molecule has 0 saturated heterocycles. The van der Waals surface area contributed by atoms with Crippen molar-refractivity contribution in [2.45, 2.75) is 25.0 Å². The van der Waals surface area contributed by atoms with Gasteiger partial charge in [0.05, 0.1) is 4.75 Å². The van der Waals surface area contributed by atoms with Gasteiger partial charge in [-0.2, -0.15) is 0 Å². The highest BCUT2D eigenvalue weighted by Gasteiger charge is 2.36. The quantitative estimate of drug-likeness (QED) is 0.559. The maximum Gasteiger partial charge on any atom is 0.0907 e. The van der Waals surface area contributed by atoms with E-state index in [2.05, 4.69) is 92.7 Å². The highest BCUT2D eigenvalue weighted by atomic mass is 32.2. The van der Waals surface area contributed by atoms with E-state index < -0.39 is 0 Å². The van der Waals surface area contributed by atoms with Gasteiger partial charge in [0.2, 0.25) is 0 Å². The molecule has 0 fully saturated rings. The lowest BCUT2D eigenvalue weighted by Gasteiger charge is -2.36. The van der Waals surface area contributed by atoms with Crippen LogP contribution >= 0.6 is 11.8 Å². The number of hydrogen-bond acceptors (Lipinski definition) is 2. The Morgan fingerprint density at radius 2 is 1.38 bits per heavy atom. The van der Waals surface area contributed by atoms with Crippen LogP contribution in [0, 0.1) is 6.92 Å². The van der Waals surface area contributed by atoms with E-state index in [9.17, 15) is 0 Å². The van der Waals surface area contributed by atoms with Crippen molar-refractivity contribution in [2.75, 3.05) is 12.3 Å². The number of rotatable bonds is 7. The van der Waals surface area contributed by atoms with Crippen molar-refractivity contribution < 1.29 is 0 Å². The second-order valence-electron chi connectivity index (χ2n) is 6.55. The third kappa shape index (κ3) is 3.58. The van der Waals surface area contributed by atoms with Crippen molar-refractivity contribution in [3.63, 3.8) is 0 Å². The Morgan fingerprint density at radius 3 is 1.88 bits per heavy atom. The highest BCUT2D eigenvalue weighted by molar-refractivity contribution is 8.00. The zero-order valence-electron chi connectivity index (χ0n) is 15.6. The van der Waals surface area contributed by atoms with Crippen LogP contribution < -0.4 is 5.73 Å². The number of aryl methyl sites for hydroxylation is 2. The Bertz CT molecular complexity index is 788. The molecule has 134 valence electrons. The summed E-state index contributed by atoms with van der Waals surface area (Å²) in [5, 5.41) is 0. The van der Waals surface area contributed by atoms with Gasteiger partial charge >= 0.3 is 0 Å². The summed E-state index contributed by atoms with van der Waals surface area (Å²) in [6.45, 7) is 5.09. The van der Waals surface area contributed by atoms with Gasteiger partial charge < -0.3 is 5.73 Å². The smallest absolute Gasteiger partial charge is 0.0907 e. The van der Waals surface area contributed by atoms with Gasteiger partial charge in [-0.05, 0) is 41.2 Å². The predicted molar refractivity (Wildman–Crippen MR) is 115 cm³/mol. The summed E-state index contributed by atoms with van der Waals surface area (Å²) in [7, 11) is 0. The van der Waals surface area contributed by atoms with E-state index in [1.165, 1.54) is 27.8 Å². The molecule has 0 saturated carbocycles. The summed E-state index contributed by atoms with van der Waals surface area (Å²) in [5.41, 5.74) is 12.6. The van der Waals surface area contributed by atoms with Crippen LogP contribution in [0.4, 0.5) is 0 Å². The van der Waals surface area contributed by atoms with Crippen molar-refractivity contribution in [3.8, 4) is 0 Å². The first kappa shape index (κ1) is 18.8. The molecule has 0 amide bonds. The van der Waals surface area contributed by atoms with E-state index >= 15 is 0 Å². The largest absolute Gasteiger partial charge is 0.330 e. The topological polar surface area (TPSA) is 26.0 Å². The van der Waals surface area contributed by atoms with Crippen LogP contribution in [0.1, 0.15) is 34.7 Å². The summed E-state index contributed by atoms with van der Waals surface area (Å²) >= 11 is 1.93. The molecule has 0 aliphatic heterocycles. The van der Waals surface area contributed by atoms with E-state index in [1.807, 2.05) is 11.8 Å². The van der Waals surface area contributed by atoms with Gasteiger partial charge in [-0.1, -0.05) is 85.8 Å². The monoisotopic (exact) mass is 361 g/mol. The number of thioether (sulfide) groups is 1. The second kappa shape index (κ2) is 8.57. The van der Waals surface area contributed by atoms with Gasteiger partial charge in [-0.15, -0.1) is 11.8 Å². The molecule has 0 atom stereocenters. The SMILES string of the molecule is CCc1cc(C(SCCN)(c2ccccc2)c2ccccc2)ccc1C. The molecule has 0 radical (unpaired) electrons. The van der Waals surface area contributed by atoms with Crippen molar-refractivity contribution in [1.82, 2.24) is 0 Å². The average Bonchev–Trinajstić information content (AvgIpc) is 2.71. The maximum atomic E-state index is 5.93. The van der Waals surface area contributed by atoms with Gasteiger partial charge in [0.15, 0.2) is 0 Å². The first-order chi connectivity index (χ1) is 12.7. The van der Waals surface area contributed by atoms with E-state index in [0.29, 0.717) is 6.54 Å². The van der Waals surface area contributed by atoms with Crippen LogP contribution in [0.5, 0.6) is 0 Å². The van der Waals surface area contributed by atoms with Crippen LogP contribution in [0.25, 0.3) is 0 Å². The molecule has 2 heteroatoms. The fourth-order valence-electron chi connectivity index (χ4n) is 3.58. The Kier molecular flexibility index (Phi) is 6.18. The Hall–Kier alpha value is -2.03. The number of hydrogen-bond donors (Lipinski definition) is 1. The first-order valence-electron chi connectivity index (χ1n) is 9.27. The minimum absolute atomic E-state index is 0.250. The molecule has 3 aromatic carbocycles. The van der Waals surface area contributed by atoms with Crippen LogP contribution in [-0.4, -0.2) is 12.3 Å². The summed E-state index contributed by atoms with van der Waals surface area (Å²) in [4.78, 5) is 0. The summed E-state index contributed by atoms with van der Waals surface area (Å²) in [6.07, 6.45) is 1.04. The van der Waals surface area contributed by atoms with Crippen molar-refractivity contribution in [3.05, 3.63) is 107 Å². The average molecular weight is 362 g/mol. The van der Waals surface area contributed by atoms with Crippen molar-refractivity contribution in [1.29, 1.82) is 0 Å². The molecule has 0 heterocycles. The molecule has 26 heavy (non-hydrogen) atoms.